The van der Waals surface area contributed by atoms with Crippen molar-refractivity contribution in [2.75, 3.05) is 47.4 Å². The molecular weight excluding hydrogens is 370 g/mol. The summed E-state index contributed by atoms with van der Waals surface area (Å²) in [4.78, 5) is 11.6. The zero-order valence-corrected chi connectivity index (χ0v) is 15.6. The van der Waals surface area contributed by atoms with Gasteiger partial charge in [-0.1, -0.05) is 12.1 Å². The Morgan fingerprint density at radius 3 is 2.69 bits per heavy atom. The van der Waals surface area contributed by atoms with Crippen LogP contribution < -0.4 is 26.6 Å². The van der Waals surface area contributed by atoms with Crippen LogP contribution in [-0.2, 0) is 4.74 Å². The molecule has 0 amide bonds. The second-order valence-corrected chi connectivity index (χ2v) is 6.85. The maximum Gasteiger partial charge on any atom is 0.228 e. The zero-order valence-electron chi connectivity index (χ0n) is 15.6. The average molecular weight is 391 g/mol. The number of benzene rings is 2. The van der Waals surface area contributed by atoms with Gasteiger partial charge in [0.15, 0.2) is 0 Å². The molecule has 29 heavy (non-hydrogen) atoms. The Balaban J connectivity index is 1.52. The van der Waals surface area contributed by atoms with E-state index in [0.29, 0.717) is 25.0 Å². The highest BCUT2D eigenvalue weighted by Gasteiger charge is 2.17. The fraction of sp³-hybridized carbons (Fsp3) is 0.200. The molecule has 3 heterocycles. The third kappa shape index (κ3) is 3.73. The molecule has 1 saturated heterocycles. The molecule has 148 valence electrons. The molecule has 5 rings (SSSR count). The monoisotopic (exact) mass is 391 g/mol. The minimum Gasteiger partial charge on any atom is -0.508 e. The van der Waals surface area contributed by atoms with Crippen LogP contribution in [0.5, 0.6) is 5.75 Å². The largest absolute Gasteiger partial charge is 0.508 e. The van der Waals surface area contributed by atoms with E-state index in [1.807, 2.05) is 30.3 Å². The van der Waals surface area contributed by atoms with Crippen molar-refractivity contribution in [3.05, 3.63) is 48.5 Å². The quantitative estimate of drug-likeness (QED) is 0.459. The van der Waals surface area contributed by atoms with Crippen LogP contribution in [-0.4, -0.2) is 41.4 Å². The molecule has 3 aromatic rings. The molecule has 2 aromatic carbocycles. The molecule has 0 radical (unpaired) electrons. The molecule has 0 spiro atoms. The molecule has 1 fully saturated rings. The molecule has 9 nitrogen and oxygen atoms in total. The minimum absolute atomic E-state index is 0.202. The van der Waals surface area contributed by atoms with Crippen LogP contribution in [0.1, 0.15) is 0 Å². The number of hydrogen-bond donors (Lipinski definition) is 5. The molecule has 9 heteroatoms. The third-order valence-electron chi connectivity index (χ3n) is 4.84. The zero-order chi connectivity index (χ0) is 19.6. The summed E-state index contributed by atoms with van der Waals surface area (Å²) in [5.41, 5.74) is 13.3. The van der Waals surface area contributed by atoms with Gasteiger partial charge in [-0.15, -0.1) is 5.53 Å². The summed E-state index contributed by atoms with van der Waals surface area (Å²) >= 11 is 0. The number of anilines is 5. The number of nitrogens with zero attached hydrogens (tertiary/aromatic N) is 3. The number of hydrazine groups is 2. The van der Waals surface area contributed by atoms with Crippen molar-refractivity contribution in [2.24, 2.45) is 0 Å². The highest BCUT2D eigenvalue weighted by atomic mass is 16.5. The van der Waals surface area contributed by atoms with E-state index in [1.54, 1.807) is 18.2 Å². The third-order valence-corrected chi connectivity index (χ3v) is 4.84. The Bertz CT molecular complexity index is 1040. The van der Waals surface area contributed by atoms with Gasteiger partial charge in [-0.05, 0) is 30.3 Å². The number of phenols is 1. The summed E-state index contributed by atoms with van der Waals surface area (Å²) in [6, 6.07) is 14.9. The SMILES string of the molecule is Oc1cccc(-c2cc(Nc3ccc4c(c3)NNN4)nc(N3CCOCC3)n2)c1. The Labute approximate surface area is 167 Å². The second kappa shape index (κ2) is 7.46. The van der Waals surface area contributed by atoms with E-state index in [2.05, 4.69) is 26.6 Å². The van der Waals surface area contributed by atoms with Crippen LogP contribution in [0.25, 0.3) is 11.3 Å². The first-order valence-corrected chi connectivity index (χ1v) is 9.44. The number of nitrogens with one attached hydrogen (secondary N) is 4. The van der Waals surface area contributed by atoms with Gasteiger partial charge in [0.05, 0.1) is 30.3 Å². The molecule has 0 aliphatic carbocycles. The molecule has 2 aliphatic heterocycles. The van der Waals surface area contributed by atoms with Crippen molar-refractivity contribution in [2.45, 2.75) is 0 Å². The summed E-state index contributed by atoms with van der Waals surface area (Å²) in [6.45, 7) is 2.78. The lowest BCUT2D eigenvalue weighted by molar-refractivity contribution is 0.122. The topological polar surface area (TPSA) is 107 Å². The fourth-order valence-corrected chi connectivity index (χ4v) is 3.36. The highest BCUT2D eigenvalue weighted by Crippen LogP contribution is 2.31. The molecule has 2 aliphatic rings. The lowest BCUT2D eigenvalue weighted by Crippen LogP contribution is -2.37. The van der Waals surface area contributed by atoms with Crippen molar-refractivity contribution in [3.8, 4) is 17.0 Å². The van der Waals surface area contributed by atoms with Gasteiger partial charge >= 0.3 is 0 Å². The predicted octanol–water partition coefficient (Wildman–Crippen LogP) is 2.69. The Kier molecular flexibility index (Phi) is 4.51. The number of rotatable bonds is 4. The smallest absolute Gasteiger partial charge is 0.228 e. The van der Waals surface area contributed by atoms with Crippen LogP contribution in [0.4, 0.5) is 28.8 Å². The first kappa shape index (κ1) is 17.5. The van der Waals surface area contributed by atoms with Gasteiger partial charge in [0, 0.05) is 30.4 Å². The molecule has 0 atom stereocenters. The molecular formula is C20H21N7O2. The lowest BCUT2D eigenvalue weighted by Gasteiger charge is -2.27. The van der Waals surface area contributed by atoms with Crippen molar-refractivity contribution in [1.29, 1.82) is 0 Å². The summed E-state index contributed by atoms with van der Waals surface area (Å²) in [5, 5.41) is 13.3. The van der Waals surface area contributed by atoms with E-state index in [1.165, 1.54) is 0 Å². The van der Waals surface area contributed by atoms with Crippen LogP contribution in [0, 0.1) is 0 Å². The van der Waals surface area contributed by atoms with Crippen LogP contribution in [0.3, 0.4) is 0 Å². The highest BCUT2D eigenvalue weighted by molar-refractivity contribution is 5.78. The Morgan fingerprint density at radius 2 is 1.83 bits per heavy atom. The molecule has 0 unspecified atom stereocenters. The number of morpholine rings is 1. The molecule has 0 bridgehead atoms. The number of hydrogen-bond acceptors (Lipinski definition) is 9. The van der Waals surface area contributed by atoms with Gasteiger partial charge in [-0.3, -0.25) is 0 Å². The lowest BCUT2D eigenvalue weighted by atomic mass is 10.1. The van der Waals surface area contributed by atoms with Gasteiger partial charge in [-0.25, -0.2) is 4.98 Å². The van der Waals surface area contributed by atoms with E-state index in [4.69, 9.17) is 14.7 Å². The minimum atomic E-state index is 0.202. The second-order valence-electron chi connectivity index (χ2n) is 6.85. The summed E-state index contributed by atoms with van der Waals surface area (Å²) in [7, 11) is 0. The Hall–Kier alpha value is -3.56. The number of aromatic hydroxyl groups is 1. The van der Waals surface area contributed by atoms with E-state index < -0.39 is 0 Å². The van der Waals surface area contributed by atoms with Crippen molar-refractivity contribution in [3.63, 3.8) is 0 Å². The fourth-order valence-electron chi connectivity index (χ4n) is 3.36. The van der Waals surface area contributed by atoms with Crippen molar-refractivity contribution in [1.82, 2.24) is 15.5 Å². The predicted molar refractivity (Wildman–Crippen MR) is 112 cm³/mol. The molecule has 5 N–H and O–H groups in total. The van der Waals surface area contributed by atoms with Gasteiger partial charge in [0.1, 0.15) is 11.6 Å². The van der Waals surface area contributed by atoms with Crippen LogP contribution in [0.2, 0.25) is 0 Å². The van der Waals surface area contributed by atoms with E-state index >= 15 is 0 Å². The van der Waals surface area contributed by atoms with Gasteiger partial charge in [-0.2, -0.15) is 4.98 Å². The van der Waals surface area contributed by atoms with Gasteiger partial charge in [0.25, 0.3) is 0 Å². The van der Waals surface area contributed by atoms with E-state index in [0.717, 1.165) is 41.4 Å². The van der Waals surface area contributed by atoms with Gasteiger partial charge < -0.3 is 30.9 Å². The molecule has 1 aromatic heterocycles. The summed E-state index contributed by atoms with van der Waals surface area (Å²) < 4.78 is 5.46. The summed E-state index contributed by atoms with van der Waals surface area (Å²) in [5.74, 6) is 1.52. The number of phenolic OH excluding ortho intramolecular Hbond substituents is 1. The molecule has 0 saturated carbocycles. The first-order valence-electron chi connectivity index (χ1n) is 9.44. The standard InChI is InChI=1S/C20H21N7O2/c28-15-3-1-2-13(10-15)17-12-19(23-20(22-17)27-6-8-29-9-7-27)21-14-4-5-16-18(11-14)25-26-24-16/h1-5,10-12,24-26,28H,6-9H2,(H,21,22,23). The number of aromatic nitrogens is 2. The Morgan fingerprint density at radius 1 is 0.966 bits per heavy atom. The summed E-state index contributed by atoms with van der Waals surface area (Å²) in [6.07, 6.45) is 0. The van der Waals surface area contributed by atoms with Gasteiger partial charge in [0.2, 0.25) is 5.95 Å². The normalized spacial score (nSPS) is 15.4. The average Bonchev–Trinajstić information content (AvgIpc) is 3.22. The number of ether oxygens (including phenoxy) is 1. The van der Waals surface area contributed by atoms with E-state index in [-0.39, 0.29) is 5.75 Å². The van der Waals surface area contributed by atoms with Crippen LogP contribution in [0.15, 0.2) is 48.5 Å². The van der Waals surface area contributed by atoms with E-state index in [9.17, 15) is 5.11 Å². The maximum absolute atomic E-state index is 9.88. The van der Waals surface area contributed by atoms with Crippen LogP contribution >= 0.6 is 0 Å². The maximum atomic E-state index is 9.88. The first-order chi connectivity index (χ1) is 14.2. The van der Waals surface area contributed by atoms with Crippen molar-refractivity contribution < 1.29 is 9.84 Å². The van der Waals surface area contributed by atoms with Crippen molar-refractivity contribution >= 4 is 28.8 Å². The number of fused-ring (bicyclic) bond motifs is 1.